The summed E-state index contributed by atoms with van der Waals surface area (Å²) in [4.78, 5) is 52.2. The molecule has 0 spiro atoms. The molecule has 6 atom stereocenters. The highest BCUT2D eigenvalue weighted by atomic mass is 35.5. The summed E-state index contributed by atoms with van der Waals surface area (Å²) in [6.45, 7) is 12.5. The van der Waals surface area contributed by atoms with Crippen molar-refractivity contribution >= 4 is 93.5 Å². The second-order valence-electron chi connectivity index (χ2n) is 12.2. The number of rotatable bonds is 10. The topological polar surface area (TPSA) is 105 Å². The fourth-order valence-electron chi connectivity index (χ4n) is 6.25. The molecular formula is C32H32Cl6O8. The number of benzene rings is 2. The Hall–Kier alpha value is -1.94. The number of carbonyl (C=O) groups is 4. The van der Waals surface area contributed by atoms with Gasteiger partial charge in [0.05, 0.1) is 43.3 Å². The SMILES string of the molecule is CC(COC(=O)c1c(Cl)c(Cl)cc(Cl)c1OC(=O)C(=O)Oc1c(Cl)cc(Cl)c(Cl)c1C(=O)OCC(C)C1C(C)C1C)C1C(C)C1C. The van der Waals surface area contributed by atoms with Crippen LogP contribution in [0.25, 0.3) is 0 Å². The van der Waals surface area contributed by atoms with Gasteiger partial charge in [-0.15, -0.1) is 0 Å². The molecule has 46 heavy (non-hydrogen) atoms. The Morgan fingerprint density at radius 3 is 1.17 bits per heavy atom. The third-order valence-electron chi connectivity index (χ3n) is 9.29. The zero-order chi connectivity index (χ0) is 34.4. The first-order valence-corrected chi connectivity index (χ1v) is 16.9. The second kappa shape index (κ2) is 14.7. The molecule has 0 heterocycles. The van der Waals surface area contributed by atoms with Gasteiger partial charge in [0.25, 0.3) is 0 Å². The summed E-state index contributed by atoms with van der Waals surface area (Å²) in [5, 5.41) is -1.49. The molecule has 0 N–H and O–H groups in total. The number of halogens is 6. The van der Waals surface area contributed by atoms with Gasteiger partial charge in [-0.25, -0.2) is 19.2 Å². The maximum atomic E-state index is 13.1. The molecule has 4 rings (SSSR count). The van der Waals surface area contributed by atoms with E-state index in [0.29, 0.717) is 35.5 Å². The van der Waals surface area contributed by atoms with Crippen LogP contribution in [0.15, 0.2) is 12.1 Å². The van der Waals surface area contributed by atoms with E-state index in [1.807, 2.05) is 13.8 Å². The molecule has 250 valence electrons. The lowest BCUT2D eigenvalue weighted by Crippen LogP contribution is -2.27. The highest BCUT2D eigenvalue weighted by Gasteiger charge is 2.47. The van der Waals surface area contributed by atoms with Crippen molar-refractivity contribution in [3.05, 3.63) is 53.4 Å². The van der Waals surface area contributed by atoms with Crippen molar-refractivity contribution in [2.24, 2.45) is 47.3 Å². The number of hydrogen-bond acceptors (Lipinski definition) is 8. The van der Waals surface area contributed by atoms with Crippen molar-refractivity contribution < 1.29 is 38.1 Å². The first kappa shape index (κ1) is 36.9. The van der Waals surface area contributed by atoms with E-state index in [4.69, 9.17) is 88.6 Å². The summed E-state index contributed by atoms with van der Waals surface area (Å²) in [5.41, 5.74) is -0.927. The number of carbonyl (C=O) groups excluding carboxylic acids is 4. The Labute approximate surface area is 297 Å². The smallest absolute Gasteiger partial charge is 0.423 e. The predicted molar refractivity (Wildman–Crippen MR) is 177 cm³/mol. The van der Waals surface area contributed by atoms with Crippen LogP contribution in [0.5, 0.6) is 11.5 Å². The Morgan fingerprint density at radius 2 is 0.891 bits per heavy atom. The highest BCUT2D eigenvalue weighted by Crippen LogP contribution is 2.51. The molecule has 8 nitrogen and oxygen atoms in total. The number of esters is 4. The molecule has 14 heteroatoms. The van der Waals surface area contributed by atoms with E-state index in [-0.39, 0.29) is 55.2 Å². The van der Waals surface area contributed by atoms with Gasteiger partial charge in [0.1, 0.15) is 11.1 Å². The zero-order valence-electron chi connectivity index (χ0n) is 25.7. The molecule has 0 saturated heterocycles. The van der Waals surface area contributed by atoms with Crippen LogP contribution in [0.4, 0.5) is 0 Å². The third-order valence-corrected chi connectivity index (χ3v) is 11.4. The van der Waals surface area contributed by atoms with E-state index < -0.39 is 46.5 Å². The molecular weight excluding hydrogens is 725 g/mol. The van der Waals surface area contributed by atoms with Crippen molar-refractivity contribution in [3.63, 3.8) is 0 Å². The Kier molecular flexibility index (Phi) is 11.8. The average molecular weight is 757 g/mol. The van der Waals surface area contributed by atoms with E-state index in [1.165, 1.54) is 0 Å². The van der Waals surface area contributed by atoms with Gasteiger partial charge < -0.3 is 18.9 Å². The molecule has 0 bridgehead atoms. The first-order chi connectivity index (χ1) is 21.5. The summed E-state index contributed by atoms with van der Waals surface area (Å²) in [5.74, 6) is -3.58. The molecule has 2 fully saturated rings. The van der Waals surface area contributed by atoms with E-state index in [1.54, 1.807) is 0 Å². The van der Waals surface area contributed by atoms with Gasteiger partial charge in [0.2, 0.25) is 0 Å². The summed E-state index contributed by atoms with van der Waals surface area (Å²) in [6, 6.07) is 2.25. The summed E-state index contributed by atoms with van der Waals surface area (Å²) in [7, 11) is 0. The standard InChI is InChI=1S/C32H32Cl6O8/c1-11(21-13(3)14(21)4)9-43-29(39)23-25(37)17(33)7-19(35)27(23)45-31(41)32(42)46-28-20(36)8-18(34)26(38)24(28)30(40)44-10-12(2)22-15(5)16(22)6/h7-8,11-16,21-22H,9-10H2,1-6H3. The lowest BCUT2D eigenvalue weighted by atomic mass is 10.1. The maximum absolute atomic E-state index is 13.1. The molecule has 0 aromatic heterocycles. The van der Waals surface area contributed by atoms with Crippen molar-refractivity contribution in [1.29, 1.82) is 0 Å². The minimum atomic E-state index is -1.64. The zero-order valence-corrected chi connectivity index (χ0v) is 30.3. The fourth-order valence-corrected chi connectivity index (χ4v) is 7.68. The molecule has 2 saturated carbocycles. The van der Waals surface area contributed by atoms with Gasteiger partial charge in [-0.3, -0.25) is 0 Å². The van der Waals surface area contributed by atoms with Crippen LogP contribution in [0, 0.1) is 47.3 Å². The van der Waals surface area contributed by atoms with Crippen LogP contribution in [0.2, 0.25) is 30.1 Å². The Balaban J connectivity index is 1.52. The molecule has 0 amide bonds. The summed E-state index contributed by atoms with van der Waals surface area (Å²) >= 11 is 37.4. The highest BCUT2D eigenvalue weighted by molar-refractivity contribution is 6.47. The lowest BCUT2D eigenvalue weighted by Gasteiger charge is -2.17. The van der Waals surface area contributed by atoms with Crippen LogP contribution < -0.4 is 9.47 Å². The van der Waals surface area contributed by atoms with Crippen molar-refractivity contribution in [2.75, 3.05) is 13.2 Å². The molecule has 2 aromatic rings. The lowest BCUT2D eigenvalue weighted by molar-refractivity contribution is -0.156. The van der Waals surface area contributed by atoms with E-state index in [2.05, 4.69) is 27.7 Å². The summed E-state index contributed by atoms with van der Waals surface area (Å²) < 4.78 is 21.3. The van der Waals surface area contributed by atoms with Gasteiger partial charge in [-0.05, 0) is 59.5 Å². The maximum Gasteiger partial charge on any atom is 0.423 e. The fraction of sp³-hybridized carbons (Fsp3) is 0.500. The molecule has 2 aromatic carbocycles. The minimum absolute atomic E-state index is 0.0456. The van der Waals surface area contributed by atoms with Crippen LogP contribution in [-0.4, -0.2) is 37.1 Å². The summed E-state index contributed by atoms with van der Waals surface area (Å²) in [6.07, 6.45) is 0. The number of ether oxygens (including phenoxy) is 4. The number of hydrogen-bond donors (Lipinski definition) is 0. The largest absolute Gasteiger partial charge is 0.462 e. The van der Waals surface area contributed by atoms with Crippen molar-refractivity contribution in [3.8, 4) is 11.5 Å². The Morgan fingerprint density at radius 1 is 0.587 bits per heavy atom. The molecule has 0 radical (unpaired) electrons. The van der Waals surface area contributed by atoms with Gasteiger partial charge in [-0.1, -0.05) is 111 Å². The van der Waals surface area contributed by atoms with Gasteiger partial charge in [0.15, 0.2) is 11.5 Å². The van der Waals surface area contributed by atoms with Crippen LogP contribution in [0.1, 0.15) is 62.3 Å². The molecule has 2 aliphatic rings. The van der Waals surface area contributed by atoms with E-state index >= 15 is 0 Å². The quantitative estimate of drug-likeness (QED) is 0.102. The predicted octanol–water partition coefficient (Wildman–Crippen LogP) is 9.51. The van der Waals surface area contributed by atoms with E-state index in [0.717, 1.165) is 12.1 Å². The molecule has 6 unspecified atom stereocenters. The monoisotopic (exact) mass is 754 g/mol. The van der Waals surface area contributed by atoms with Crippen LogP contribution in [0.3, 0.4) is 0 Å². The van der Waals surface area contributed by atoms with Crippen molar-refractivity contribution in [1.82, 2.24) is 0 Å². The van der Waals surface area contributed by atoms with Crippen LogP contribution >= 0.6 is 69.6 Å². The minimum Gasteiger partial charge on any atom is -0.462 e. The second-order valence-corrected chi connectivity index (χ2v) is 14.6. The van der Waals surface area contributed by atoms with Gasteiger partial charge >= 0.3 is 23.9 Å². The van der Waals surface area contributed by atoms with E-state index in [9.17, 15) is 19.2 Å². The third kappa shape index (κ3) is 7.68. The normalized spacial score (nSPS) is 24.4. The average Bonchev–Trinajstić information content (AvgIpc) is 3.82. The Bertz CT molecular complexity index is 1450. The molecule has 2 aliphatic carbocycles. The van der Waals surface area contributed by atoms with Gasteiger partial charge in [0, 0.05) is 0 Å². The molecule has 0 aliphatic heterocycles. The van der Waals surface area contributed by atoms with Crippen molar-refractivity contribution in [2.45, 2.75) is 41.5 Å². The first-order valence-electron chi connectivity index (χ1n) is 14.6. The van der Waals surface area contributed by atoms with Gasteiger partial charge in [-0.2, -0.15) is 0 Å². The van der Waals surface area contributed by atoms with Crippen LogP contribution in [-0.2, 0) is 19.1 Å².